The molecule has 1 aromatic carbocycles. The number of hydrogen-bond donors (Lipinski definition) is 4. The molecule has 0 aromatic heterocycles. The molecule has 4 nitrogen and oxygen atoms in total. The molecule has 4 heteroatoms. The van der Waals surface area contributed by atoms with E-state index < -0.39 is 0 Å². The average Bonchev–Trinajstić information content (AvgIpc) is 2.17. The summed E-state index contributed by atoms with van der Waals surface area (Å²) in [7, 11) is 0. The van der Waals surface area contributed by atoms with E-state index in [4.69, 9.17) is 15.9 Å². The van der Waals surface area contributed by atoms with Crippen LogP contribution in [0.2, 0.25) is 0 Å². The number of hydrogen-bond acceptors (Lipinski definition) is 4. The van der Waals surface area contributed by atoms with Gasteiger partial charge in [0.2, 0.25) is 0 Å². The predicted octanol–water partition coefficient (Wildman–Crippen LogP) is 0.0339. The maximum atomic E-state index is 8.79. The Morgan fingerprint density at radius 1 is 1.15 bits per heavy atom. The molecule has 0 fully saturated rings. The molecule has 0 saturated heterocycles. The Morgan fingerprint density at radius 3 is 2.15 bits per heavy atom. The van der Waals surface area contributed by atoms with Crippen molar-refractivity contribution < 1.29 is 10.2 Å². The Balaban J connectivity index is 2.58. The number of nitrogens with two attached hydrogens (primary N) is 1. The van der Waals surface area contributed by atoms with Gasteiger partial charge in [-0.25, -0.2) is 0 Å². The first-order valence-electron chi connectivity index (χ1n) is 4.10. The molecule has 13 heavy (non-hydrogen) atoms. The first kappa shape index (κ1) is 9.83. The Kier molecular flexibility index (Phi) is 3.54. The number of rotatable bonds is 4. The summed E-state index contributed by atoms with van der Waals surface area (Å²) in [6.45, 7) is -0.193. The largest absolute Gasteiger partial charge is 0.399 e. The zero-order valence-electron chi connectivity index (χ0n) is 7.27. The van der Waals surface area contributed by atoms with Crippen molar-refractivity contribution in [1.29, 1.82) is 0 Å². The van der Waals surface area contributed by atoms with Crippen LogP contribution in [0, 0.1) is 0 Å². The number of aliphatic hydroxyl groups is 2. The lowest BCUT2D eigenvalue weighted by atomic mass is 10.2. The lowest BCUT2D eigenvalue weighted by molar-refractivity contribution is 0.204. The Morgan fingerprint density at radius 2 is 1.69 bits per heavy atom. The molecule has 5 N–H and O–H groups in total. The molecule has 0 spiro atoms. The van der Waals surface area contributed by atoms with Gasteiger partial charge in [0.1, 0.15) is 0 Å². The standard InChI is InChI=1S/C9H14N2O2/c10-7-1-3-8(4-2-7)11-9(5-12)6-13/h1-4,9,11-13H,5-6,10H2. The van der Waals surface area contributed by atoms with Crippen LogP contribution in [-0.2, 0) is 0 Å². The van der Waals surface area contributed by atoms with Crippen molar-refractivity contribution in [3.63, 3.8) is 0 Å². The van der Waals surface area contributed by atoms with Crippen LogP contribution in [0.1, 0.15) is 0 Å². The van der Waals surface area contributed by atoms with Crippen LogP contribution in [0.15, 0.2) is 24.3 Å². The normalized spacial score (nSPS) is 10.4. The summed E-state index contributed by atoms with van der Waals surface area (Å²) < 4.78 is 0. The van der Waals surface area contributed by atoms with Crippen LogP contribution in [0.4, 0.5) is 11.4 Å². The van der Waals surface area contributed by atoms with Crippen LogP contribution in [0.25, 0.3) is 0 Å². The quantitative estimate of drug-likeness (QED) is 0.495. The highest BCUT2D eigenvalue weighted by molar-refractivity contribution is 5.51. The van der Waals surface area contributed by atoms with E-state index >= 15 is 0 Å². The van der Waals surface area contributed by atoms with Gasteiger partial charge in [-0.05, 0) is 24.3 Å². The number of aliphatic hydroxyl groups excluding tert-OH is 2. The molecule has 0 bridgehead atoms. The minimum Gasteiger partial charge on any atom is -0.399 e. The van der Waals surface area contributed by atoms with Gasteiger partial charge in [0, 0.05) is 11.4 Å². The summed E-state index contributed by atoms with van der Waals surface area (Å²) in [6.07, 6.45) is 0. The third-order valence-corrected chi connectivity index (χ3v) is 1.72. The maximum absolute atomic E-state index is 8.79. The van der Waals surface area contributed by atoms with Crippen molar-refractivity contribution in [2.45, 2.75) is 6.04 Å². The van der Waals surface area contributed by atoms with Gasteiger partial charge in [-0.2, -0.15) is 0 Å². The van der Waals surface area contributed by atoms with Crippen molar-refractivity contribution in [2.24, 2.45) is 0 Å². The molecule has 0 saturated carbocycles. The van der Waals surface area contributed by atoms with Crippen molar-refractivity contribution in [3.8, 4) is 0 Å². The first-order chi connectivity index (χ1) is 6.26. The van der Waals surface area contributed by atoms with E-state index in [1.807, 2.05) is 0 Å². The van der Waals surface area contributed by atoms with Gasteiger partial charge in [0.25, 0.3) is 0 Å². The van der Waals surface area contributed by atoms with Gasteiger partial charge < -0.3 is 21.3 Å². The molecule has 0 atom stereocenters. The highest BCUT2D eigenvalue weighted by atomic mass is 16.3. The highest BCUT2D eigenvalue weighted by Crippen LogP contribution is 2.11. The van der Waals surface area contributed by atoms with Crippen molar-refractivity contribution in [2.75, 3.05) is 24.3 Å². The van der Waals surface area contributed by atoms with Gasteiger partial charge in [-0.15, -0.1) is 0 Å². The van der Waals surface area contributed by atoms with Crippen LogP contribution >= 0.6 is 0 Å². The monoisotopic (exact) mass is 182 g/mol. The molecule has 0 radical (unpaired) electrons. The zero-order valence-corrected chi connectivity index (χ0v) is 7.27. The van der Waals surface area contributed by atoms with Crippen LogP contribution < -0.4 is 11.1 Å². The average molecular weight is 182 g/mol. The van der Waals surface area contributed by atoms with Gasteiger partial charge in [-0.1, -0.05) is 0 Å². The van der Waals surface area contributed by atoms with E-state index in [0.717, 1.165) is 5.69 Å². The number of nitrogen functional groups attached to an aromatic ring is 1. The second-order valence-corrected chi connectivity index (χ2v) is 2.83. The second kappa shape index (κ2) is 4.69. The van der Waals surface area contributed by atoms with E-state index in [2.05, 4.69) is 5.32 Å². The van der Waals surface area contributed by atoms with Crippen LogP contribution in [0.5, 0.6) is 0 Å². The molecule has 1 rings (SSSR count). The minimum atomic E-state index is -0.316. The Hall–Kier alpha value is -1.26. The molecule has 0 amide bonds. The van der Waals surface area contributed by atoms with Crippen molar-refractivity contribution in [1.82, 2.24) is 0 Å². The third-order valence-electron chi connectivity index (χ3n) is 1.72. The molecule has 0 aliphatic carbocycles. The summed E-state index contributed by atoms with van der Waals surface area (Å²) in [4.78, 5) is 0. The SMILES string of the molecule is Nc1ccc(NC(CO)CO)cc1. The van der Waals surface area contributed by atoms with E-state index in [1.54, 1.807) is 24.3 Å². The molecule has 72 valence electrons. The molecular formula is C9H14N2O2. The van der Waals surface area contributed by atoms with Crippen LogP contribution in [0.3, 0.4) is 0 Å². The number of nitrogens with one attached hydrogen (secondary N) is 1. The fourth-order valence-corrected chi connectivity index (χ4v) is 0.964. The van der Waals surface area contributed by atoms with Gasteiger partial charge in [0.15, 0.2) is 0 Å². The fourth-order valence-electron chi connectivity index (χ4n) is 0.964. The summed E-state index contributed by atoms with van der Waals surface area (Å²) in [5.74, 6) is 0. The first-order valence-corrected chi connectivity index (χ1v) is 4.10. The molecule has 0 heterocycles. The molecular weight excluding hydrogens is 168 g/mol. The Labute approximate surface area is 77.0 Å². The second-order valence-electron chi connectivity index (χ2n) is 2.83. The highest BCUT2D eigenvalue weighted by Gasteiger charge is 2.03. The Bertz CT molecular complexity index is 244. The van der Waals surface area contributed by atoms with Gasteiger partial charge in [-0.3, -0.25) is 0 Å². The van der Waals surface area contributed by atoms with Crippen molar-refractivity contribution >= 4 is 11.4 Å². The van der Waals surface area contributed by atoms with E-state index in [-0.39, 0.29) is 19.3 Å². The van der Waals surface area contributed by atoms with Crippen LogP contribution in [-0.4, -0.2) is 29.5 Å². The third kappa shape index (κ3) is 2.93. The fraction of sp³-hybridized carbons (Fsp3) is 0.333. The zero-order chi connectivity index (χ0) is 9.68. The summed E-state index contributed by atoms with van der Waals surface area (Å²) in [5, 5.41) is 20.5. The van der Waals surface area contributed by atoms with Gasteiger partial charge >= 0.3 is 0 Å². The van der Waals surface area contributed by atoms with Gasteiger partial charge in [0.05, 0.1) is 19.3 Å². The summed E-state index contributed by atoms with van der Waals surface area (Å²) >= 11 is 0. The predicted molar refractivity (Wildman–Crippen MR) is 52.4 cm³/mol. The maximum Gasteiger partial charge on any atom is 0.0723 e. The summed E-state index contributed by atoms with van der Waals surface area (Å²) in [6, 6.07) is 6.80. The molecule has 0 aliphatic rings. The molecule has 0 unspecified atom stereocenters. The van der Waals surface area contributed by atoms with Crippen molar-refractivity contribution in [3.05, 3.63) is 24.3 Å². The minimum absolute atomic E-state index is 0.0964. The van der Waals surface area contributed by atoms with E-state index in [9.17, 15) is 0 Å². The topological polar surface area (TPSA) is 78.5 Å². The number of anilines is 2. The lowest BCUT2D eigenvalue weighted by Crippen LogP contribution is -2.27. The summed E-state index contributed by atoms with van der Waals surface area (Å²) in [5.41, 5.74) is 7.02. The smallest absolute Gasteiger partial charge is 0.0723 e. The molecule has 0 aliphatic heterocycles. The lowest BCUT2D eigenvalue weighted by Gasteiger charge is -2.14. The van der Waals surface area contributed by atoms with E-state index in [1.165, 1.54) is 0 Å². The molecule has 1 aromatic rings. The van der Waals surface area contributed by atoms with E-state index in [0.29, 0.717) is 5.69 Å². The number of benzene rings is 1.